The lowest BCUT2D eigenvalue weighted by molar-refractivity contribution is 0.0792. The minimum Gasteiger partial charge on any atom is -0.496 e. The lowest BCUT2D eigenvalue weighted by Gasteiger charge is -2.16. The predicted molar refractivity (Wildman–Crippen MR) is 87.5 cm³/mol. The molecule has 1 fully saturated rings. The van der Waals surface area contributed by atoms with E-state index in [0.29, 0.717) is 28.5 Å². The zero-order valence-electron chi connectivity index (χ0n) is 13.4. The summed E-state index contributed by atoms with van der Waals surface area (Å²) >= 11 is 0. The van der Waals surface area contributed by atoms with Crippen LogP contribution in [0.25, 0.3) is 11.3 Å². The van der Waals surface area contributed by atoms with Crippen LogP contribution in [0.2, 0.25) is 0 Å². The van der Waals surface area contributed by atoms with Gasteiger partial charge in [0.2, 0.25) is 6.79 Å². The molecule has 1 aromatic carbocycles. The molecule has 0 radical (unpaired) electrons. The average Bonchev–Trinajstić information content (AvgIpc) is 3.31. The maximum absolute atomic E-state index is 12.6. The number of fused-ring (bicyclic) bond motifs is 1. The van der Waals surface area contributed by atoms with Crippen molar-refractivity contribution in [2.45, 2.75) is 12.8 Å². The van der Waals surface area contributed by atoms with Crippen LogP contribution in [-0.4, -0.2) is 42.8 Å². The number of methoxy groups -OCH3 is 1. The number of ether oxygens (including phenoxy) is 3. The maximum Gasteiger partial charge on any atom is 0.253 e. The number of likely N-dealkylation sites (tertiary alicyclic amines) is 1. The zero-order valence-corrected chi connectivity index (χ0v) is 13.4. The van der Waals surface area contributed by atoms with Crippen molar-refractivity contribution in [1.29, 1.82) is 0 Å². The van der Waals surface area contributed by atoms with E-state index in [1.165, 1.54) is 0 Å². The van der Waals surface area contributed by atoms with Crippen LogP contribution in [0.3, 0.4) is 0 Å². The lowest BCUT2D eigenvalue weighted by Crippen LogP contribution is -2.27. The lowest BCUT2D eigenvalue weighted by atomic mass is 10.1. The Hall–Kier alpha value is -2.76. The predicted octanol–water partition coefficient (Wildman–Crippen LogP) is 2.72. The number of hydrogen-bond acceptors (Lipinski definition) is 5. The van der Waals surface area contributed by atoms with E-state index >= 15 is 0 Å². The molecule has 1 saturated heterocycles. The summed E-state index contributed by atoms with van der Waals surface area (Å²) in [4.78, 5) is 18.9. The van der Waals surface area contributed by atoms with E-state index in [4.69, 9.17) is 14.2 Å². The van der Waals surface area contributed by atoms with Crippen LogP contribution in [0, 0.1) is 0 Å². The molecule has 2 aliphatic heterocycles. The molecule has 124 valence electrons. The number of aromatic nitrogens is 1. The summed E-state index contributed by atoms with van der Waals surface area (Å²) in [5.41, 5.74) is 2.09. The van der Waals surface area contributed by atoms with Crippen molar-refractivity contribution >= 4 is 5.91 Å². The van der Waals surface area contributed by atoms with E-state index in [0.717, 1.165) is 31.5 Å². The van der Waals surface area contributed by atoms with Gasteiger partial charge in [-0.05, 0) is 31.0 Å². The molecule has 0 unspecified atom stereocenters. The first kappa shape index (κ1) is 14.8. The summed E-state index contributed by atoms with van der Waals surface area (Å²) in [6.07, 6.45) is 3.79. The van der Waals surface area contributed by atoms with Crippen molar-refractivity contribution in [3.63, 3.8) is 0 Å². The van der Waals surface area contributed by atoms with Gasteiger partial charge >= 0.3 is 0 Å². The minimum atomic E-state index is 0.0517. The van der Waals surface area contributed by atoms with Crippen molar-refractivity contribution in [2.75, 3.05) is 27.0 Å². The van der Waals surface area contributed by atoms with Gasteiger partial charge in [0, 0.05) is 36.5 Å². The number of nitrogens with zero attached hydrogens (tertiary/aromatic N) is 2. The molecule has 1 amide bonds. The number of carbonyl (C=O) groups excluding carboxylic acids is 1. The van der Waals surface area contributed by atoms with Gasteiger partial charge < -0.3 is 19.1 Å². The number of carbonyl (C=O) groups is 1. The van der Waals surface area contributed by atoms with Crippen molar-refractivity contribution < 1.29 is 19.0 Å². The summed E-state index contributed by atoms with van der Waals surface area (Å²) in [6.45, 7) is 1.84. The summed E-state index contributed by atoms with van der Waals surface area (Å²) in [7, 11) is 1.60. The second-order valence-electron chi connectivity index (χ2n) is 5.83. The number of rotatable bonds is 3. The highest BCUT2D eigenvalue weighted by atomic mass is 16.7. The van der Waals surface area contributed by atoms with Gasteiger partial charge in [0.1, 0.15) is 5.75 Å². The first-order chi connectivity index (χ1) is 11.8. The molecule has 1 aromatic heterocycles. The standard InChI is InChI=1S/C18H18N2O4/c1-22-15-10-17-16(23-11-24-17)9-13(15)14-8-12(4-5-19-14)18(21)20-6-2-3-7-20/h4-5,8-10H,2-3,6-7,11H2,1H3. The fourth-order valence-corrected chi connectivity index (χ4v) is 3.11. The molecule has 0 bridgehead atoms. The van der Waals surface area contributed by atoms with Gasteiger partial charge in [-0.15, -0.1) is 0 Å². The molecule has 0 atom stereocenters. The Morgan fingerprint density at radius 2 is 1.92 bits per heavy atom. The van der Waals surface area contributed by atoms with Gasteiger partial charge in [-0.25, -0.2) is 0 Å². The van der Waals surface area contributed by atoms with Crippen molar-refractivity contribution in [3.8, 4) is 28.5 Å². The van der Waals surface area contributed by atoms with Gasteiger partial charge in [-0.3, -0.25) is 9.78 Å². The van der Waals surface area contributed by atoms with Crippen LogP contribution < -0.4 is 14.2 Å². The Morgan fingerprint density at radius 3 is 2.67 bits per heavy atom. The molecule has 2 aliphatic rings. The highest BCUT2D eigenvalue weighted by molar-refractivity contribution is 5.95. The molecule has 6 heteroatoms. The molecule has 4 rings (SSSR count). The highest BCUT2D eigenvalue weighted by Gasteiger charge is 2.22. The average molecular weight is 326 g/mol. The molecule has 0 saturated carbocycles. The summed E-state index contributed by atoms with van der Waals surface area (Å²) in [5, 5.41) is 0. The first-order valence-corrected chi connectivity index (χ1v) is 7.99. The molecule has 3 heterocycles. The van der Waals surface area contributed by atoms with Crippen LogP contribution in [0.5, 0.6) is 17.2 Å². The van der Waals surface area contributed by atoms with E-state index < -0.39 is 0 Å². The van der Waals surface area contributed by atoms with E-state index in [9.17, 15) is 4.79 Å². The minimum absolute atomic E-state index is 0.0517. The van der Waals surface area contributed by atoms with Crippen LogP contribution >= 0.6 is 0 Å². The Kier molecular flexibility index (Phi) is 3.72. The number of hydrogen-bond donors (Lipinski definition) is 0. The summed E-state index contributed by atoms with van der Waals surface area (Å²) in [6, 6.07) is 7.19. The molecule has 6 nitrogen and oxygen atoms in total. The smallest absolute Gasteiger partial charge is 0.253 e. The second kappa shape index (κ2) is 6.03. The van der Waals surface area contributed by atoms with Gasteiger partial charge in [0.05, 0.1) is 12.8 Å². The fourth-order valence-electron chi connectivity index (χ4n) is 3.11. The van der Waals surface area contributed by atoms with Crippen molar-refractivity contribution in [2.24, 2.45) is 0 Å². The van der Waals surface area contributed by atoms with Crippen LogP contribution in [0.4, 0.5) is 0 Å². The van der Waals surface area contributed by atoms with Crippen molar-refractivity contribution in [1.82, 2.24) is 9.88 Å². The van der Waals surface area contributed by atoms with Crippen LogP contribution in [0.1, 0.15) is 23.2 Å². The van der Waals surface area contributed by atoms with E-state index in [1.54, 1.807) is 31.5 Å². The summed E-state index contributed by atoms with van der Waals surface area (Å²) < 4.78 is 16.3. The third-order valence-corrected chi connectivity index (χ3v) is 4.37. The van der Waals surface area contributed by atoms with Gasteiger partial charge in [0.15, 0.2) is 11.5 Å². The first-order valence-electron chi connectivity index (χ1n) is 7.99. The molecule has 2 aromatic rings. The summed E-state index contributed by atoms with van der Waals surface area (Å²) in [5.74, 6) is 2.00. The van der Waals surface area contributed by atoms with E-state index in [2.05, 4.69) is 4.98 Å². The van der Waals surface area contributed by atoms with Gasteiger partial charge in [-0.1, -0.05) is 0 Å². The molecule has 24 heavy (non-hydrogen) atoms. The SMILES string of the molecule is COc1cc2c(cc1-c1cc(C(=O)N3CCCC3)ccn1)OCO2. The van der Waals surface area contributed by atoms with E-state index in [-0.39, 0.29) is 12.7 Å². The molecule has 0 aliphatic carbocycles. The van der Waals surface area contributed by atoms with Crippen LogP contribution in [0.15, 0.2) is 30.5 Å². The van der Waals surface area contributed by atoms with Gasteiger partial charge in [0.25, 0.3) is 5.91 Å². The third-order valence-electron chi connectivity index (χ3n) is 4.37. The largest absolute Gasteiger partial charge is 0.496 e. The third kappa shape index (κ3) is 2.54. The Labute approximate surface area is 140 Å². The molecular weight excluding hydrogens is 308 g/mol. The topological polar surface area (TPSA) is 60.9 Å². The normalized spacial score (nSPS) is 15.6. The second-order valence-corrected chi connectivity index (χ2v) is 5.83. The quantitative estimate of drug-likeness (QED) is 0.868. The number of benzene rings is 1. The Morgan fingerprint density at radius 1 is 1.17 bits per heavy atom. The van der Waals surface area contributed by atoms with E-state index in [1.807, 2.05) is 11.0 Å². The number of pyridine rings is 1. The monoisotopic (exact) mass is 326 g/mol. The van der Waals surface area contributed by atoms with Crippen molar-refractivity contribution in [3.05, 3.63) is 36.0 Å². The Balaban J connectivity index is 1.72. The molecule has 0 spiro atoms. The zero-order chi connectivity index (χ0) is 16.5. The molecule has 0 N–H and O–H groups in total. The van der Waals surface area contributed by atoms with Crippen LogP contribution in [-0.2, 0) is 0 Å². The Bertz CT molecular complexity index is 785. The highest BCUT2D eigenvalue weighted by Crippen LogP contribution is 2.42. The fraction of sp³-hybridized carbons (Fsp3) is 0.333. The maximum atomic E-state index is 12.6. The molecular formula is C18H18N2O4. The van der Waals surface area contributed by atoms with Gasteiger partial charge in [-0.2, -0.15) is 0 Å². The number of amides is 1.